The zero-order chi connectivity index (χ0) is 52.7. The van der Waals surface area contributed by atoms with Gasteiger partial charge in [0.25, 0.3) is 0 Å². The molecule has 0 bridgehead atoms. The summed E-state index contributed by atoms with van der Waals surface area (Å²) in [6.07, 6.45) is 71.4. The Morgan fingerprint density at radius 2 is 0.792 bits per heavy atom. The molecule has 1 amide bonds. The molecule has 3 unspecified atom stereocenters. The average molecular weight is 1040 g/mol. The molecule has 0 saturated carbocycles. The van der Waals surface area contributed by atoms with Crippen LogP contribution in [0.25, 0.3) is 0 Å². The standard InChI is InChI=1S/C63H123N2O6P/c1-6-8-10-12-14-16-18-20-21-22-23-24-25-26-27-28-29-30-31-32-33-34-35-36-37-38-39-40-41-42-43-45-47-49-51-53-55-57-63(67)64-61(60-71-72(68,69)70-59-58-65(3,4)5)62(66)56-54-52-50-48-46-44-19-17-15-13-11-9-7-2/h27-28,30-31,54,56,61-62,66H,6-26,29,32-53,55,57-60H2,1-5H3,(H-,64,67,68,69)/p+1/b28-27-,31-30-,56-54+. The second-order valence-electron chi connectivity index (χ2n) is 22.8. The molecular formula is C63H124N2O6P+. The minimum Gasteiger partial charge on any atom is -0.387 e. The first-order chi connectivity index (χ1) is 35.0. The summed E-state index contributed by atoms with van der Waals surface area (Å²) in [7, 11) is 1.58. The number of carbonyl (C=O) groups excluding carboxylic acids is 1. The summed E-state index contributed by atoms with van der Waals surface area (Å²) < 4.78 is 23.7. The van der Waals surface area contributed by atoms with Gasteiger partial charge in [0.15, 0.2) is 0 Å². The van der Waals surface area contributed by atoms with E-state index >= 15 is 0 Å². The Hall–Kier alpha value is -1.28. The number of hydrogen-bond donors (Lipinski definition) is 3. The number of allylic oxidation sites excluding steroid dienone is 5. The van der Waals surface area contributed by atoms with Crippen molar-refractivity contribution in [2.24, 2.45) is 0 Å². The zero-order valence-electron chi connectivity index (χ0n) is 48.7. The Bertz CT molecular complexity index is 1270. The van der Waals surface area contributed by atoms with Crippen LogP contribution in [0.2, 0.25) is 0 Å². The fourth-order valence-electron chi connectivity index (χ4n) is 9.43. The van der Waals surface area contributed by atoms with Crippen LogP contribution in [0.15, 0.2) is 36.5 Å². The third-order valence-electron chi connectivity index (χ3n) is 14.4. The number of phosphoric ester groups is 1. The van der Waals surface area contributed by atoms with Gasteiger partial charge in [0.1, 0.15) is 13.2 Å². The fraction of sp³-hybridized carbons (Fsp3) is 0.889. The van der Waals surface area contributed by atoms with Crippen molar-refractivity contribution in [3.05, 3.63) is 36.5 Å². The minimum atomic E-state index is -4.34. The molecule has 0 aliphatic carbocycles. The van der Waals surface area contributed by atoms with Crippen LogP contribution in [0.3, 0.4) is 0 Å². The quantitative estimate of drug-likeness (QED) is 0.0243. The minimum absolute atomic E-state index is 0.0627. The van der Waals surface area contributed by atoms with Gasteiger partial charge in [-0.2, -0.15) is 0 Å². The average Bonchev–Trinajstić information content (AvgIpc) is 3.34. The maximum Gasteiger partial charge on any atom is 0.472 e. The molecule has 72 heavy (non-hydrogen) atoms. The van der Waals surface area contributed by atoms with E-state index in [1.807, 2.05) is 27.2 Å². The van der Waals surface area contributed by atoms with Crippen molar-refractivity contribution in [1.82, 2.24) is 5.32 Å². The van der Waals surface area contributed by atoms with Gasteiger partial charge in [0, 0.05) is 6.42 Å². The highest BCUT2D eigenvalue weighted by atomic mass is 31.2. The maximum atomic E-state index is 13.0. The number of likely N-dealkylation sites (N-methyl/N-ethyl adjacent to an activating group) is 1. The summed E-state index contributed by atoms with van der Waals surface area (Å²) in [5, 5.41) is 13.9. The molecule has 0 heterocycles. The Morgan fingerprint density at radius 3 is 1.14 bits per heavy atom. The summed E-state index contributed by atoms with van der Waals surface area (Å²) in [5.74, 6) is -0.174. The van der Waals surface area contributed by atoms with Crippen LogP contribution in [-0.4, -0.2) is 73.4 Å². The molecule has 3 N–H and O–H groups in total. The Balaban J connectivity index is 3.93. The highest BCUT2D eigenvalue weighted by Gasteiger charge is 2.27. The third kappa shape index (κ3) is 56.4. The highest BCUT2D eigenvalue weighted by molar-refractivity contribution is 7.47. The van der Waals surface area contributed by atoms with Gasteiger partial charge in [-0.25, -0.2) is 4.57 Å². The van der Waals surface area contributed by atoms with E-state index < -0.39 is 20.0 Å². The van der Waals surface area contributed by atoms with E-state index in [-0.39, 0.29) is 19.1 Å². The number of amides is 1. The van der Waals surface area contributed by atoms with Gasteiger partial charge >= 0.3 is 7.82 Å². The van der Waals surface area contributed by atoms with E-state index in [1.165, 1.54) is 244 Å². The third-order valence-corrected chi connectivity index (χ3v) is 15.3. The molecule has 0 saturated heterocycles. The first-order valence-corrected chi connectivity index (χ1v) is 32.9. The van der Waals surface area contributed by atoms with Crippen molar-refractivity contribution in [3.63, 3.8) is 0 Å². The molecule has 3 atom stereocenters. The molecule has 426 valence electrons. The number of nitrogens with zero attached hydrogens (tertiary/aromatic N) is 1. The van der Waals surface area contributed by atoms with Gasteiger partial charge in [-0.05, 0) is 51.4 Å². The SMILES string of the molecule is CCCCCCCCCCCCC/C=C/C(O)C(COP(=O)(O)OCC[N+](C)(C)C)NC(=O)CCCCCCCCCCCCCCCCCCC/C=C\C/C=C\CCCCCCCCCCCCCCC. The van der Waals surface area contributed by atoms with E-state index in [4.69, 9.17) is 9.05 Å². The number of unbranched alkanes of at least 4 members (excludes halogenated alkanes) is 41. The fourth-order valence-corrected chi connectivity index (χ4v) is 10.2. The van der Waals surface area contributed by atoms with Gasteiger partial charge in [-0.3, -0.25) is 13.8 Å². The maximum absolute atomic E-state index is 13.0. The number of aliphatic hydroxyl groups excluding tert-OH is 1. The van der Waals surface area contributed by atoms with Crippen LogP contribution in [0, 0.1) is 0 Å². The number of hydrogen-bond acceptors (Lipinski definition) is 5. The summed E-state index contributed by atoms with van der Waals surface area (Å²) in [6.45, 7) is 4.84. The lowest BCUT2D eigenvalue weighted by Gasteiger charge is -2.25. The van der Waals surface area contributed by atoms with E-state index in [0.29, 0.717) is 17.4 Å². The van der Waals surface area contributed by atoms with Crippen LogP contribution in [0.4, 0.5) is 0 Å². The molecule has 0 aromatic rings. The molecule has 0 spiro atoms. The predicted octanol–water partition coefficient (Wildman–Crippen LogP) is 19.3. The number of phosphoric acid groups is 1. The second kappa shape index (κ2) is 54.5. The zero-order valence-corrected chi connectivity index (χ0v) is 49.6. The van der Waals surface area contributed by atoms with E-state index in [9.17, 15) is 19.4 Å². The van der Waals surface area contributed by atoms with Crippen LogP contribution in [-0.2, 0) is 18.4 Å². The van der Waals surface area contributed by atoms with Crippen molar-refractivity contribution >= 4 is 13.7 Å². The lowest BCUT2D eigenvalue weighted by Crippen LogP contribution is -2.45. The van der Waals surface area contributed by atoms with Crippen molar-refractivity contribution in [2.75, 3.05) is 40.9 Å². The molecule has 0 aliphatic heterocycles. The van der Waals surface area contributed by atoms with Gasteiger partial charge in [-0.1, -0.05) is 288 Å². The monoisotopic (exact) mass is 1040 g/mol. The predicted molar refractivity (Wildman–Crippen MR) is 314 cm³/mol. The van der Waals surface area contributed by atoms with Crippen LogP contribution >= 0.6 is 7.82 Å². The number of quaternary nitrogens is 1. The van der Waals surface area contributed by atoms with Crippen molar-refractivity contribution < 1.29 is 32.9 Å². The molecule has 0 aliphatic rings. The summed E-state index contributed by atoms with van der Waals surface area (Å²) in [6, 6.07) is -0.845. The summed E-state index contributed by atoms with van der Waals surface area (Å²) in [5.41, 5.74) is 0. The van der Waals surface area contributed by atoms with Crippen molar-refractivity contribution in [3.8, 4) is 0 Å². The smallest absolute Gasteiger partial charge is 0.387 e. The lowest BCUT2D eigenvalue weighted by molar-refractivity contribution is -0.870. The van der Waals surface area contributed by atoms with Crippen molar-refractivity contribution in [1.29, 1.82) is 0 Å². The molecule has 9 heteroatoms. The van der Waals surface area contributed by atoms with Gasteiger partial charge < -0.3 is 19.8 Å². The molecule has 0 rings (SSSR count). The molecule has 8 nitrogen and oxygen atoms in total. The first-order valence-electron chi connectivity index (χ1n) is 31.4. The van der Waals surface area contributed by atoms with Gasteiger partial charge in [0.05, 0.1) is 39.9 Å². The molecule has 0 radical (unpaired) electrons. The molecule has 0 fully saturated rings. The van der Waals surface area contributed by atoms with E-state index in [1.54, 1.807) is 6.08 Å². The molecule has 0 aromatic heterocycles. The highest BCUT2D eigenvalue weighted by Crippen LogP contribution is 2.43. The Kier molecular flexibility index (Phi) is 53.5. The Morgan fingerprint density at radius 1 is 0.472 bits per heavy atom. The lowest BCUT2D eigenvalue weighted by atomic mass is 10.0. The largest absolute Gasteiger partial charge is 0.472 e. The van der Waals surface area contributed by atoms with E-state index in [2.05, 4.69) is 43.5 Å². The van der Waals surface area contributed by atoms with Gasteiger partial charge in [0.2, 0.25) is 5.91 Å². The number of rotatable bonds is 58. The molecular weight excluding hydrogens is 912 g/mol. The second-order valence-corrected chi connectivity index (χ2v) is 24.2. The van der Waals surface area contributed by atoms with Crippen molar-refractivity contribution in [2.45, 2.75) is 321 Å². The number of nitrogens with one attached hydrogen (secondary N) is 1. The normalized spacial score (nSPS) is 14.0. The number of carbonyl (C=O) groups is 1. The van der Waals surface area contributed by atoms with Crippen LogP contribution in [0.1, 0.15) is 309 Å². The topological polar surface area (TPSA) is 105 Å². The Labute approximate surface area is 448 Å². The molecule has 0 aromatic carbocycles. The summed E-state index contributed by atoms with van der Waals surface area (Å²) in [4.78, 5) is 23.3. The van der Waals surface area contributed by atoms with Gasteiger partial charge in [-0.15, -0.1) is 0 Å². The van der Waals surface area contributed by atoms with E-state index in [0.717, 1.165) is 44.9 Å². The van der Waals surface area contributed by atoms with Crippen LogP contribution < -0.4 is 5.32 Å². The van der Waals surface area contributed by atoms with Crippen LogP contribution in [0.5, 0.6) is 0 Å². The summed E-state index contributed by atoms with van der Waals surface area (Å²) >= 11 is 0. The first kappa shape index (κ1) is 70.7. The number of aliphatic hydroxyl groups is 1.